The third-order valence-corrected chi connectivity index (χ3v) is 1.90. The first kappa shape index (κ1) is 12.4. The van der Waals surface area contributed by atoms with Crippen molar-refractivity contribution in [1.29, 1.82) is 0 Å². The van der Waals surface area contributed by atoms with Crippen molar-refractivity contribution < 1.29 is 4.92 Å². The predicted molar refractivity (Wildman–Crippen MR) is 63.4 cm³/mol. The molecule has 0 amide bonds. The molecule has 7 nitrogen and oxygen atoms in total. The zero-order chi connectivity index (χ0) is 12.8. The van der Waals surface area contributed by atoms with Gasteiger partial charge in [-0.15, -0.1) is 4.91 Å². The van der Waals surface area contributed by atoms with E-state index in [9.17, 15) is 15.0 Å². The van der Waals surface area contributed by atoms with Gasteiger partial charge in [-0.25, -0.2) is 0 Å². The smallest absolute Gasteiger partial charge is 0.258 e. The number of hydrogen-bond acceptors (Lipinski definition) is 6. The fraction of sp³-hybridized carbons (Fsp3) is 0. The lowest BCUT2D eigenvalue weighted by atomic mass is 10.2. The molecule has 0 bridgehead atoms. The van der Waals surface area contributed by atoms with Crippen LogP contribution in [-0.4, -0.2) is 16.6 Å². The van der Waals surface area contributed by atoms with Crippen molar-refractivity contribution in [1.82, 2.24) is 4.98 Å². The van der Waals surface area contributed by atoms with E-state index in [0.29, 0.717) is 0 Å². The summed E-state index contributed by atoms with van der Waals surface area (Å²) in [6.07, 6.45) is 2.38. The molecule has 0 unspecified atom stereocenters. The Morgan fingerprint density at radius 3 is 2.76 bits per heavy atom. The Hall–Kier alpha value is -2.70. The van der Waals surface area contributed by atoms with Crippen LogP contribution in [0.5, 0.6) is 0 Å². The maximum atomic E-state index is 10.8. The number of nitrogens with zero attached hydrogens (tertiary/aromatic N) is 4. The van der Waals surface area contributed by atoms with Gasteiger partial charge in [-0.2, -0.15) is 0 Å². The summed E-state index contributed by atoms with van der Waals surface area (Å²) in [6.45, 7) is 6.53. The summed E-state index contributed by atoms with van der Waals surface area (Å²) < 4.78 is 0. The Bertz CT molecular complexity index is 522. The van der Waals surface area contributed by atoms with Crippen LogP contribution in [0.2, 0.25) is 0 Å². The highest BCUT2D eigenvalue weighted by molar-refractivity contribution is 5.75. The lowest BCUT2D eigenvalue weighted by Gasteiger charge is -2.02. The van der Waals surface area contributed by atoms with Crippen LogP contribution in [0.3, 0.4) is 0 Å². The molecule has 0 aliphatic carbocycles. The maximum absolute atomic E-state index is 10.8. The highest BCUT2D eigenvalue weighted by atomic mass is 16.6. The van der Waals surface area contributed by atoms with Crippen LogP contribution in [-0.2, 0) is 0 Å². The number of nitroso groups, excluding NO2 is 1. The van der Waals surface area contributed by atoms with E-state index in [1.54, 1.807) is 0 Å². The Balaban J connectivity index is 3.56. The van der Waals surface area contributed by atoms with Gasteiger partial charge < -0.3 is 0 Å². The van der Waals surface area contributed by atoms with Gasteiger partial charge >= 0.3 is 0 Å². The van der Waals surface area contributed by atoms with E-state index in [4.69, 9.17) is 0 Å². The Kier molecular flexibility index (Phi) is 3.93. The summed E-state index contributed by atoms with van der Waals surface area (Å²) in [4.78, 5) is 28.0. The number of nitro groups is 1. The molecule has 0 aliphatic rings. The first-order valence-corrected chi connectivity index (χ1v) is 4.42. The minimum atomic E-state index is -0.680. The van der Waals surface area contributed by atoms with Gasteiger partial charge in [0.1, 0.15) is 11.4 Å². The van der Waals surface area contributed by atoms with Crippen LogP contribution in [0.4, 0.5) is 5.69 Å². The molecule has 0 fully saturated rings. The van der Waals surface area contributed by atoms with Crippen molar-refractivity contribution in [2.24, 2.45) is 10.2 Å². The molecule has 86 valence electrons. The molecule has 0 aromatic carbocycles. The molecule has 0 aliphatic heterocycles. The van der Waals surface area contributed by atoms with Crippen LogP contribution >= 0.6 is 0 Å². The Labute approximate surface area is 96.3 Å². The van der Waals surface area contributed by atoms with E-state index in [0.717, 1.165) is 6.08 Å². The van der Waals surface area contributed by atoms with Crippen LogP contribution in [0, 0.1) is 15.0 Å². The third kappa shape index (κ3) is 2.46. The quantitative estimate of drug-likeness (QED) is 0.255. The second-order valence-electron chi connectivity index (χ2n) is 2.82. The zero-order valence-electron chi connectivity index (χ0n) is 8.74. The van der Waals surface area contributed by atoms with Crippen LogP contribution < -0.4 is 0 Å². The third-order valence-electron chi connectivity index (χ3n) is 1.90. The summed E-state index contributed by atoms with van der Waals surface area (Å²) in [7, 11) is 0. The lowest BCUT2D eigenvalue weighted by molar-refractivity contribution is -0.418. The summed E-state index contributed by atoms with van der Waals surface area (Å²) in [5.41, 5.74) is -0.566. The molecule has 1 aromatic rings. The SMILES string of the molecule is C=C/C(=C(\N=C)c1ncccc1N=O)[N+](=O)[O-]. The van der Waals surface area contributed by atoms with Gasteiger partial charge in [0, 0.05) is 12.3 Å². The monoisotopic (exact) mass is 232 g/mol. The minimum absolute atomic E-state index is 0.00380. The highest BCUT2D eigenvalue weighted by Crippen LogP contribution is 2.27. The maximum Gasteiger partial charge on any atom is 0.296 e. The van der Waals surface area contributed by atoms with Gasteiger partial charge in [0.2, 0.25) is 0 Å². The Morgan fingerprint density at radius 2 is 2.29 bits per heavy atom. The number of allylic oxidation sites excluding steroid dienone is 1. The van der Waals surface area contributed by atoms with Crippen LogP contribution in [0.15, 0.2) is 46.9 Å². The summed E-state index contributed by atoms with van der Waals surface area (Å²) in [6, 6.07) is 2.86. The number of pyridine rings is 1. The molecule has 17 heavy (non-hydrogen) atoms. The second-order valence-corrected chi connectivity index (χ2v) is 2.82. The second kappa shape index (κ2) is 5.40. The normalized spacial score (nSPS) is 11.3. The lowest BCUT2D eigenvalue weighted by Crippen LogP contribution is -2.00. The highest BCUT2D eigenvalue weighted by Gasteiger charge is 2.20. The predicted octanol–water partition coefficient (Wildman–Crippen LogP) is 2.31. The van der Waals surface area contributed by atoms with E-state index in [2.05, 4.69) is 28.4 Å². The topological polar surface area (TPSA) is 97.8 Å². The van der Waals surface area contributed by atoms with Gasteiger partial charge in [0.05, 0.1) is 4.92 Å². The first-order valence-electron chi connectivity index (χ1n) is 4.42. The van der Waals surface area contributed by atoms with Crippen molar-refractivity contribution >= 4 is 18.1 Å². The number of aromatic nitrogens is 1. The number of aliphatic imine (C=N–C) groups is 1. The molecule has 7 heteroatoms. The fourth-order valence-electron chi connectivity index (χ4n) is 1.19. The van der Waals surface area contributed by atoms with Gasteiger partial charge in [-0.05, 0) is 24.0 Å². The summed E-state index contributed by atoms with van der Waals surface area (Å²) in [5.74, 6) is 0. The fourth-order valence-corrected chi connectivity index (χ4v) is 1.19. The molecule has 1 rings (SSSR count). The van der Waals surface area contributed by atoms with Crippen LogP contribution in [0.25, 0.3) is 5.70 Å². The minimum Gasteiger partial charge on any atom is -0.258 e. The molecular formula is C10H8N4O3. The molecular weight excluding hydrogens is 224 g/mol. The van der Waals surface area contributed by atoms with E-state index in [1.807, 2.05) is 0 Å². The summed E-state index contributed by atoms with van der Waals surface area (Å²) >= 11 is 0. The molecule has 1 aromatic heterocycles. The van der Waals surface area contributed by atoms with Gasteiger partial charge in [0.25, 0.3) is 5.70 Å². The van der Waals surface area contributed by atoms with Crippen LogP contribution in [0.1, 0.15) is 5.69 Å². The molecule has 0 atom stereocenters. The van der Waals surface area contributed by atoms with E-state index in [-0.39, 0.29) is 22.8 Å². The molecule has 1 heterocycles. The van der Waals surface area contributed by atoms with Crippen molar-refractivity contribution in [3.05, 3.63) is 57.4 Å². The standard InChI is InChI=1S/C10H8N4O3/c1-3-8(14(16)17)10(11-2)9-7(13-15)5-4-6-12-9/h3-6H,1-2H2/b10-8+. The average molecular weight is 232 g/mol. The largest absolute Gasteiger partial charge is 0.296 e. The molecule has 0 saturated heterocycles. The van der Waals surface area contributed by atoms with Crippen molar-refractivity contribution in [3.63, 3.8) is 0 Å². The van der Waals surface area contributed by atoms with Gasteiger partial charge in [-0.3, -0.25) is 20.1 Å². The van der Waals surface area contributed by atoms with E-state index in [1.165, 1.54) is 18.3 Å². The molecule has 0 radical (unpaired) electrons. The molecule has 0 saturated carbocycles. The molecule has 0 spiro atoms. The van der Waals surface area contributed by atoms with Gasteiger partial charge in [-0.1, -0.05) is 6.58 Å². The van der Waals surface area contributed by atoms with Crippen molar-refractivity contribution in [3.8, 4) is 0 Å². The van der Waals surface area contributed by atoms with Crippen molar-refractivity contribution in [2.45, 2.75) is 0 Å². The average Bonchev–Trinajstić information content (AvgIpc) is 2.35. The van der Waals surface area contributed by atoms with Gasteiger partial charge in [0.15, 0.2) is 5.70 Å². The zero-order valence-corrected chi connectivity index (χ0v) is 8.74. The first-order chi connectivity index (χ1) is 8.15. The van der Waals surface area contributed by atoms with Crippen molar-refractivity contribution in [2.75, 3.05) is 0 Å². The van der Waals surface area contributed by atoms with E-state index >= 15 is 0 Å². The molecule has 0 N–H and O–H groups in total. The Morgan fingerprint density at radius 1 is 1.59 bits per heavy atom. The number of hydrogen-bond donors (Lipinski definition) is 0. The van der Waals surface area contributed by atoms with E-state index < -0.39 is 4.92 Å². The summed E-state index contributed by atoms with van der Waals surface area (Å²) in [5, 5.41) is 13.5. The number of rotatable bonds is 5.